The Labute approximate surface area is 62.2 Å². The van der Waals surface area contributed by atoms with E-state index in [1.54, 1.807) is 0 Å². The zero-order valence-electron chi connectivity index (χ0n) is 6.59. The zero-order valence-corrected chi connectivity index (χ0v) is 6.59. The molecule has 2 heteroatoms. The van der Waals surface area contributed by atoms with Crippen molar-refractivity contribution in [1.82, 2.24) is 5.32 Å². The van der Waals surface area contributed by atoms with Crippen LogP contribution in [0.3, 0.4) is 0 Å². The maximum Gasteiger partial charge on any atom is 0.0956 e. The maximum absolute atomic E-state index is 8.55. The van der Waals surface area contributed by atoms with E-state index in [-0.39, 0.29) is 6.04 Å². The molecule has 1 heterocycles. The molecule has 0 aromatic carbocycles. The van der Waals surface area contributed by atoms with Crippen LogP contribution in [0.4, 0.5) is 0 Å². The monoisotopic (exact) mass is 138 g/mol. The van der Waals surface area contributed by atoms with Crippen LogP contribution in [-0.4, -0.2) is 12.6 Å². The number of nitrogens with one attached hydrogen (secondary N) is 1. The molecule has 0 aliphatic carbocycles. The number of hydrogen-bond donors (Lipinski definition) is 1. The Morgan fingerprint density at radius 1 is 1.60 bits per heavy atom. The van der Waals surface area contributed by atoms with Crippen LogP contribution >= 0.6 is 0 Å². The average molecular weight is 138 g/mol. The van der Waals surface area contributed by atoms with Crippen LogP contribution in [0.2, 0.25) is 0 Å². The van der Waals surface area contributed by atoms with Crippen molar-refractivity contribution >= 4 is 0 Å². The molecule has 0 aromatic heterocycles. The molecule has 0 amide bonds. The second kappa shape index (κ2) is 3.03. The van der Waals surface area contributed by atoms with Crippen molar-refractivity contribution in [2.45, 2.75) is 26.3 Å². The number of nitrogens with zero attached hydrogens (tertiary/aromatic N) is 1. The Hall–Kier alpha value is -0.550. The fourth-order valence-electron chi connectivity index (χ4n) is 1.37. The van der Waals surface area contributed by atoms with Crippen molar-refractivity contribution in [1.29, 1.82) is 5.26 Å². The average Bonchev–Trinajstić information content (AvgIpc) is 2.34. The van der Waals surface area contributed by atoms with E-state index >= 15 is 0 Å². The van der Waals surface area contributed by atoms with Gasteiger partial charge in [0.05, 0.1) is 12.1 Å². The molecule has 1 rings (SSSR count). The van der Waals surface area contributed by atoms with Gasteiger partial charge in [-0.15, -0.1) is 0 Å². The summed E-state index contributed by atoms with van der Waals surface area (Å²) in [5.41, 5.74) is 0. The molecule has 2 nitrogen and oxygen atoms in total. The molecule has 56 valence electrons. The SMILES string of the molecule is CC(C)C1CN[C@@H](C#N)C1. The first-order valence-corrected chi connectivity index (χ1v) is 3.87. The van der Waals surface area contributed by atoms with Crippen molar-refractivity contribution in [2.75, 3.05) is 6.54 Å². The van der Waals surface area contributed by atoms with Gasteiger partial charge >= 0.3 is 0 Å². The van der Waals surface area contributed by atoms with Gasteiger partial charge in [-0.05, 0) is 24.8 Å². The third-order valence-electron chi connectivity index (χ3n) is 2.26. The fraction of sp³-hybridized carbons (Fsp3) is 0.875. The van der Waals surface area contributed by atoms with Crippen molar-refractivity contribution in [2.24, 2.45) is 11.8 Å². The van der Waals surface area contributed by atoms with Crippen LogP contribution in [0, 0.1) is 23.2 Å². The Kier molecular flexibility index (Phi) is 2.29. The normalized spacial score (nSPS) is 32.6. The number of nitriles is 1. The Morgan fingerprint density at radius 2 is 2.30 bits per heavy atom. The van der Waals surface area contributed by atoms with E-state index in [1.165, 1.54) is 0 Å². The van der Waals surface area contributed by atoms with E-state index in [2.05, 4.69) is 25.2 Å². The summed E-state index contributed by atoms with van der Waals surface area (Å²) in [5.74, 6) is 1.43. The highest BCUT2D eigenvalue weighted by Crippen LogP contribution is 2.21. The first-order chi connectivity index (χ1) is 4.74. The molecule has 1 unspecified atom stereocenters. The molecule has 2 atom stereocenters. The van der Waals surface area contributed by atoms with Crippen LogP contribution in [-0.2, 0) is 0 Å². The van der Waals surface area contributed by atoms with Crippen LogP contribution in [0.25, 0.3) is 0 Å². The molecule has 0 saturated carbocycles. The lowest BCUT2D eigenvalue weighted by atomic mass is 9.94. The summed E-state index contributed by atoms with van der Waals surface area (Å²) >= 11 is 0. The Bertz CT molecular complexity index is 146. The predicted octanol–water partition coefficient (Wildman–Crippen LogP) is 1.14. The van der Waals surface area contributed by atoms with E-state index in [0.29, 0.717) is 11.8 Å². The highest BCUT2D eigenvalue weighted by atomic mass is 14.9. The molecular weight excluding hydrogens is 124 g/mol. The van der Waals surface area contributed by atoms with Gasteiger partial charge in [-0.1, -0.05) is 13.8 Å². The highest BCUT2D eigenvalue weighted by molar-refractivity contribution is 4.96. The van der Waals surface area contributed by atoms with Gasteiger partial charge in [-0.3, -0.25) is 0 Å². The predicted molar refractivity (Wildman–Crippen MR) is 40.3 cm³/mol. The molecular formula is C8H14N2. The molecule has 1 saturated heterocycles. The first-order valence-electron chi connectivity index (χ1n) is 3.87. The Morgan fingerprint density at radius 3 is 2.60 bits per heavy atom. The highest BCUT2D eigenvalue weighted by Gasteiger charge is 2.25. The van der Waals surface area contributed by atoms with Gasteiger partial charge in [0.15, 0.2) is 0 Å². The largest absolute Gasteiger partial charge is 0.302 e. The van der Waals surface area contributed by atoms with E-state index < -0.39 is 0 Å². The quantitative estimate of drug-likeness (QED) is 0.590. The van der Waals surface area contributed by atoms with Crippen LogP contribution in [0.15, 0.2) is 0 Å². The molecule has 1 aliphatic heterocycles. The van der Waals surface area contributed by atoms with E-state index in [1.807, 2.05) is 0 Å². The fourth-order valence-corrected chi connectivity index (χ4v) is 1.37. The van der Waals surface area contributed by atoms with E-state index in [9.17, 15) is 0 Å². The zero-order chi connectivity index (χ0) is 7.56. The molecule has 0 spiro atoms. The molecule has 1 fully saturated rings. The summed E-state index contributed by atoms with van der Waals surface area (Å²) in [6.45, 7) is 5.45. The van der Waals surface area contributed by atoms with E-state index in [0.717, 1.165) is 13.0 Å². The molecule has 1 aliphatic rings. The Balaban J connectivity index is 2.37. The topological polar surface area (TPSA) is 35.8 Å². The molecule has 10 heavy (non-hydrogen) atoms. The van der Waals surface area contributed by atoms with Crippen LogP contribution in [0.5, 0.6) is 0 Å². The third-order valence-corrected chi connectivity index (χ3v) is 2.26. The minimum Gasteiger partial charge on any atom is -0.302 e. The summed E-state index contributed by atoms with van der Waals surface area (Å²) in [5, 5.41) is 11.7. The van der Waals surface area contributed by atoms with Crippen molar-refractivity contribution in [3.63, 3.8) is 0 Å². The molecule has 0 radical (unpaired) electrons. The van der Waals surface area contributed by atoms with Gasteiger partial charge < -0.3 is 5.32 Å². The molecule has 1 N–H and O–H groups in total. The molecule has 0 bridgehead atoms. The van der Waals surface area contributed by atoms with Gasteiger partial charge in [0.2, 0.25) is 0 Å². The number of rotatable bonds is 1. The van der Waals surface area contributed by atoms with Gasteiger partial charge in [0, 0.05) is 0 Å². The standard InChI is InChI=1S/C8H14N2/c1-6(2)7-3-8(4-9)10-5-7/h6-8,10H,3,5H2,1-2H3/t7?,8-/m1/s1. The minimum absolute atomic E-state index is 0.118. The van der Waals surface area contributed by atoms with Gasteiger partial charge in [-0.25, -0.2) is 0 Å². The maximum atomic E-state index is 8.55. The molecule has 0 aromatic rings. The van der Waals surface area contributed by atoms with Crippen LogP contribution in [0.1, 0.15) is 20.3 Å². The third kappa shape index (κ3) is 1.48. The summed E-state index contributed by atoms with van der Waals surface area (Å²) in [4.78, 5) is 0. The van der Waals surface area contributed by atoms with Gasteiger partial charge in [0.25, 0.3) is 0 Å². The summed E-state index contributed by atoms with van der Waals surface area (Å²) < 4.78 is 0. The van der Waals surface area contributed by atoms with Crippen molar-refractivity contribution in [3.05, 3.63) is 0 Å². The first kappa shape index (κ1) is 7.56. The number of hydrogen-bond acceptors (Lipinski definition) is 2. The van der Waals surface area contributed by atoms with Crippen molar-refractivity contribution < 1.29 is 0 Å². The lowest BCUT2D eigenvalue weighted by Gasteiger charge is -2.10. The lowest BCUT2D eigenvalue weighted by Crippen LogP contribution is -2.19. The lowest BCUT2D eigenvalue weighted by molar-refractivity contribution is 0.416. The summed E-state index contributed by atoms with van der Waals surface area (Å²) in [7, 11) is 0. The summed E-state index contributed by atoms with van der Waals surface area (Å²) in [6.07, 6.45) is 1.04. The second-order valence-electron chi connectivity index (χ2n) is 3.33. The summed E-state index contributed by atoms with van der Waals surface area (Å²) in [6, 6.07) is 2.36. The van der Waals surface area contributed by atoms with Gasteiger partial charge in [-0.2, -0.15) is 5.26 Å². The smallest absolute Gasteiger partial charge is 0.0956 e. The van der Waals surface area contributed by atoms with Crippen LogP contribution < -0.4 is 5.32 Å². The van der Waals surface area contributed by atoms with Crippen molar-refractivity contribution in [3.8, 4) is 6.07 Å². The van der Waals surface area contributed by atoms with E-state index in [4.69, 9.17) is 5.26 Å². The second-order valence-corrected chi connectivity index (χ2v) is 3.33. The minimum atomic E-state index is 0.118. The van der Waals surface area contributed by atoms with Gasteiger partial charge in [0.1, 0.15) is 0 Å².